The molecule has 0 aromatic heterocycles. The summed E-state index contributed by atoms with van der Waals surface area (Å²) in [5.74, 6) is -1.09. The van der Waals surface area contributed by atoms with Crippen molar-refractivity contribution in [3.8, 4) is 0 Å². The highest BCUT2D eigenvalue weighted by Crippen LogP contribution is 2.27. The molecule has 0 saturated heterocycles. The van der Waals surface area contributed by atoms with Gasteiger partial charge in [0.25, 0.3) is 0 Å². The number of amides is 2. The summed E-state index contributed by atoms with van der Waals surface area (Å²) in [6.45, 7) is 1.31. The summed E-state index contributed by atoms with van der Waals surface area (Å²) < 4.78 is 0. The van der Waals surface area contributed by atoms with Gasteiger partial charge in [-0.05, 0) is 26.0 Å². The minimum atomic E-state index is -1.44. The van der Waals surface area contributed by atoms with E-state index < -0.39 is 18.0 Å². The van der Waals surface area contributed by atoms with E-state index in [-0.39, 0.29) is 18.6 Å². The van der Waals surface area contributed by atoms with Gasteiger partial charge in [0.2, 0.25) is 0 Å². The van der Waals surface area contributed by atoms with Crippen LogP contribution >= 0.6 is 11.8 Å². The monoisotopic (exact) mass is 304 g/mol. The fraction of sp³-hybridized carbons (Fsp3) is 0.846. The summed E-state index contributed by atoms with van der Waals surface area (Å²) in [4.78, 5) is 22.4. The van der Waals surface area contributed by atoms with Crippen molar-refractivity contribution in [2.75, 3.05) is 12.8 Å². The van der Waals surface area contributed by atoms with Crippen molar-refractivity contribution in [3.63, 3.8) is 0 Å². The normalized spacial score (nSPS) is 25.6. The fourth-order valence-corrected chi connectivity index (χ4v) is 3.36. The van der Waals surface area contributed by atoms with Gasteiger partial charge in [-0.25, -0.2) is 4.79 Å². The van der Waals surface area contributed by atoms with Crippen molar-refractivity contribution in [1.82, 2.24) is 10.6 Å². The SMILES string of the molecule is CSC1CCCCC1NC(=O)NCC(C)(O)CC(=O)O. The molecule has 1 aliphatic rings. The quantitative estimate of drug-likeness (QED) is 0.591. The summed E-state index contributed by atoms with van der Waals surface area (Å²) in [7, 11) is 0. The van der Waals surface area contributed by atoms with Crippen molar-refractivity contribution in [2.24, 2.45) is 0 Å². The Morgan fingerprint density at radius 2 is 2.00 bits per heavy atom. The third kappa shape index (κ3) is 6.00. The largest absolute Gasteiger partial charge is 0.481 e. The van der Waals surface area contributed by atoms with Crippen LogP contribution in [0.5, 0.6) is 0 Å². The maximum Gasteiger partial charge on any atom is 0.315 e. The highest BCUT2D eigenvalue weighted by Gasteiger charge is 2.28. The van der Waals surface area contributed by atoms with E-state index in [0.717, 1.165) is 19.3 Å². The second kappa shape index (κ2) is 7.73. The maximum absolute atomic E-state index is 11.8. The van der Waals surface area contributed by atoms with Crippen LogP contribution in [0.2, 0.25) is 0 Å². The molecule has 0 aromatic carbocycles. The first-order valence-electron chi connectivity index (χ1n) is 6.85. The van der Waals surface area contributed by atoms with Crippen LogP contribution in [0, 0.1) is 0 Å². The van der Waals surface area contributed by atoms with E-state index in [0.29, 0.717) is 5.25 Å². The van der Waals surface area contributed by atoms with Crippen molar-refractivity contribution >= 4 is 23.8 Å². The van der Waals surface area contributed by atoms with E-state index in [9.17, 15) is 14.7 Å². The summed E-state index contributed by atoms with van der Waals surface area (Å²) >= 11 is 1.76. The van der Waals surface area contributed by atoms with Gasteiger partial charge in [-0.2, -0.15) is 11.8 Å². The maximum atomic E-state index is 11.8. The number of aliphatic carboxylic acids is 1. The van der Waals surface area contributed by atoms with E-state index in [4.69, 9.17) is 5.11 Å². The van der Waals surface area contributed by atoms with Gasteiger partial charge in [0.1, 0.15) is 0 Å². The molecule has 0 bridgehead atoms. The Hall–Kier alpha value is -0.950. The van der Waals surface area contributed by atoms with Crippen LogP contribution < -0.4 is 10.6 Å². The number of nitrogens with one attached hydrogen (secondary N) is 2. The number of carboxylic acid groups (broad SMARTS) is 1. The molecule has 3 atom stereocenters. The predicted octanol–water partition coefficient (Wildman–Crippen LogP) is 1.19. The van der Waals surface area contributed by atoms with Crippen molar-refractivity contribution in [3.05, 3.63) is 0 Å². The van der Waals surface area contributed by atoms with Crippen LogP contribution in [0.3, 0.4) is 0 Å². The molecule has 1 rings (SSSR count). The number of urea groups is 1. The molecule has 7 heteroatoms. The number of hydrogen-bond acceptors (Lipinski definition) is 4. The molecule has 3 unspecified atom stereocenters. The van der Waals surface area contributed by atoms with Crippen molar-refractivity contribution < 1.29 is 19.8 Å². The van der Waals surface area contributed by atoms with Crippen LogP contribution in [-0.2, 0) is 4.79 Å². The summed E-state index contributed by atoms with van der Waals surface area (Å²) in [5.41, 5.74) is -1.44. The van der Waals surface area contributed by atoms with Gasteiger partial charge in [-0.3, -0.25) is 4.79 Å². The molecule has 116 valence electrons. The topological polar surface area (TPSA) is 98.7 Å². The molecule has 0 spiro atoms. The molecule has 1 fully saturated rings. The van der Waals surface area contributed by atoms with Crippen LogP contribution in [0.15, 0.2) is 0 Å². The minimum Gasteiger partial charge on any atom is -0.481 e. The molecule has 4 N–H and O–H groups in total. The zero-order valence-corrected chi connectivity index (χ0v) is 12.8. The van der Waals surface area contributed by atoms with Gasteiger partial charge in [0.05, 0.1) is 12.0 Å². The Labute approximate surface area is 123 Å². The van der Waals surface area contributed by atoms with Crippen LogP contribution in [0.1, 0.15) is 39.0 Å². The van der Waals surface area contributed by atoms with Gasteiger partial charge in [-0.1, -0.05) is 12.8 Å². The molecular formula is C13H24N2O4S. The zero-order chi connectivity index (χ0) is 15.2. The van der Waals surface area contributed by atoms with E-state index in [2.05, 4.69) is 10.6 Å². The van der Waals surface area contributed by atoms with Gasteiger partial charge >= 0.3 is 12.0 Å². The summed E-state index contributed by atoms with van der Waals surface area (Å²) in [6, 6.07) is -0.204. The Balaban J connectivity index is 2.37. The first-order chi connectivity index (χ1) is 9.34. The molecule has 0 aliphatic heterocycles. The lowest BCUT2D eigenvalue weighted by Gasteiger charge is -2.31. The first-order valence-corrected chi connectivity index (χ1v) is 8.14. The number of rotatable bonds is 6. The third-order valence-corrected chi connectivity index (χ3v) is 4.65. The van der Waals surface area contributed by atoms with Gasteiger partial charge in [0, 0.05) is 17.8 Å². The lowest BCUT2D eigenvalue weighted by molar-refractivity contribution is -0.141. The van der Waals surface area contributed by atoms with Crippen LogP contribution in [0.4, 0.5) is 4.79 Å². The fourth-order valence-electron chi connectivity index (χ4n) is 2.42. The van der Waals surface area contributed by atoms with Crippen molar-refractivity contribution in [1.29, 1.82) is 0 Å². The minimum absolute atomic E-state index is 0.0816. The Morgan fingerprint density at radius 3 is 2.60 bits per heavy atom. The number of carbonyl (C=O) groups is 2. The summed E-state index contributed by atoms with van der Waals surface area (Å²) in [6.07, 6.45) is 6.01. The van der Waals surface area contributed by atoms with E-state index in [1.54, 1.807) is 11.8 Å². The Kier molecular flexibility index (Phi) is 6.61. The van der Waals surface area contributed by atoms with Gasteiger partial charge in [0.15, 0.2) is 0 Å². The second-order valence-corrected chi connectivity index (χ2v) is 6.64. The molecule has 1 aliphatic carbocycles. The molecule has 20 heavy (non-hydrogen) atoms. The molecule has 1 saturated carbocycles. The van der Waals surface area contributed by atoms with Crippen molar-refractivity contribution in [2.45, 2.75) is 55.9 Å². The number of thioether (sulfide) groups is 1. The average molecular weight is 304 g/mol. The average Bonchev–Trinajstić information content (AvgIpc) is 2.36. The predicted molar refractivity (Wildman–Crippen MR) is 79.0 cm³/mol. The molecule has 0 radical (unpaired) electrons. The molecule has 0 heterocycles. The van der Waals surface area contributed by atoms with E-state index in [1.165, 1.54) is 13.3 Å². The summed E-state index contributed by atoms with van der Waals surface area (Å²) in [5, 5.41) is 24.4. The number of carboxylic acids is 1. The molecule has 6 nitrogen and oxygen atoms in total. The van der Waals surface area contributed by atoms with E-state index in [1.807, 2.05) is 6.26 Å². The molecule has 2 amide bonds. The number of carbonyl (C=O) groups excluding carboxylic acids is 1. The highest BCUT2D eigenvalue weighted by molar-refractivity contribution is 7.99. The highest BCUT2D eigenvalue weighted by atomic mass is 32.2. The number of aliphatic hydroxyl groups is 1. The smallest absolute Gasteiger partial charge is 0.315 e. The van der Waals surface area contributed by atoms with Gasteiger partial charge < -0.3 is 20.8 Å². The Morgan fingerprint density at radius 1 is 1.35 bits per heavy atom. The first kappa shape index (κ1) is 17.1. The van der Waals surface area contributed by atoms with Crippen LogP contribution in [-0.4, -0.2) is 51.9 Å². The lowest BCUT2D eigenvalue weighted by Crippen LogP contribution is -2.51. The van der Waals surface area contributed by atoms with Crippen LogP contribution in [0.25, 0.3) is 0 Å². The standard InChI is InChI=1S/C13H24N2O4S/c1-13(19,7-11(16)17)8-14-12(18)15-9-5-3-4-6-10(9)20-2/h9-10,19H,3-8H2,1-2H3,(H,16,17)(H2,14,15,18). The molecule has 0 aromatic rings. The Bertz CT molecular complexity index is 349. The molecular weight excluding hydrogens is 280 g/mol. The third-order valence-electron chi connectivity index (χ3n) is 3.48. The lowest BCUT2D eigenvalue weighted by atomic mass is 9.95. The van der Waals surface area contributed by atoms with E-state index >= 15 is 0 Å². The zero-order valence-electron chi connectivity index (χ0n) is 12.0. The second-order valence-electron chi connectivity index (χ2n) is 5.56. The number of hydrogen-bond donors (Lipinski definition) is 4. The van der Waals surface area contributed by atoms with Gasteiger partial charge in [-0.15, -0.1) is 0 Å².